The molecule has 0 spiro atoms. The lowest BCUT2D eigenvalue weighted by Gasteiger charge is -2.27. The highest BCUT2D eigenvalue weighted by Crippen LogP contribution is 2.26. The maximum absolute atomic E-state index is 13.0. The van der Waals surface area contributed by atoms with E-state index in [0.717, 1.165) is 6.42 Å². The Morgan fingerprint density at radius 3 is 2.72 bits per heavy atom. The van der Waals surface area contributed by atoms with E-state index >= 15 is 0 Å². The monoisotopic (exact) mass is 343 g/mol. The Kier molecular flexibility index (Phi) is 5.02. The van der Waals surface area contributed by atoms with Crippen LogP contribution in [0.2, 0.25) is 0 Å². The van der Waals surface area contributed by atoms with E-state index in [1.165, 1.54) is 0 Å². The van der Waals surface area contributed by atoms with E-state index in [1.807, 2.05) is 17.6 Å². The zero-order valence-electron chi connectivity index (χ0n) is 14.4. The van der Waals surface area contributed by atoms with Crippen LogP contribution < -0.4 is 9.64 Å². The van der Waals surface area contributed by atoms with Crippen LogP contribution in [0.15, 0.2) is 30.5 Å². The highest BCUT2D eigenvalue weighted by molar-refractivity contribution is 6.07. The Balaban J connectivity index is 1.93. The van der Waals surface area contributed by atoms with Crippen molar-refractivity contribution in [3.05, 3.63) is 41.7 Å². The minimum Gasteiger partial charge on any atom is -0.493 e. The maximum Gasteiger partial charge on any atom is 0.358 e. The van der Waals surface area contributed by atoms with Crippen LogP contribution in [0.4, 0.5) is 5.95 Å². The van der Waals surface area contributed by atoms with E-state index in [-0.39, 0.29) is 18.2 Å². The summed E-state index contributed by atoms with van der Waals surface area (Å²) in [4.78, 5) is 30.9. The third-order valence-corrected chi connectivity index (χ3v) is 3.92. The molecule has 0 atom stereocenters. The van der Waals surface area contributed by atoms with Crippen molar-refractivity contribution in [1.82, 2.24) is 9.55 Å². The number of anilines is 1. The van der Waals surface area contributed by atoms with E-state index in [1.54, 1.807) is 36.2 Å². The number of aromatic nitrogens is 2. The first kappa shape index (κ1) is 17.0. The fourth-order valence-corrected chi connectivity index (χ4v) is 2.85. The molecule has 1 amide bonds. The molecule has 0 saturated heterocycles. The van der Waals surface area contributed by atoms with Crippen LogP contribution in [0.1, 0.15) is 41.1 Å². The number of hydrogen-bond donors (Lipinski definition) is 0. The van der Waals surface area contributed by atoms with E-state index in [2.05, 4.69) is 4.98 Å². The van der Waals surface area contributed by atoms with Gasteiger partial charge in [0, 0.05) is 19.3 Å². The molecule has 25 heavy (non-hydrogen) atoms. The highest BCUT2D eigenvalue weighted by Gasteiger charge is 2.29. The summed E-state index contributed by atoms with van der Waals surface area (Å²) in [5.41, 5.74) is 0.702. The number of benzene rings is 1. The number of nitrogens with zero attached hydrogens (tertiary/aromatic N) is 3. The number of imidazole rings is 1. The van der Waals surface area contributed by atoms with Crippen molar-refractivity contribution in [2.45, 2.75) is 26.8 Å². The lowest BCUT2D eigenvalue weighted by atomic mass is 10.1. The van der Waals surface area contributed by atoms with Crippen molar-refractivity contribution in [1.29, 1.82) is 0 Å². The lowest BCUT2D eigenvalue weighted by Crippen LogP contribution is -2.38. The number of aryl methyl sites for hydroxylation is 1. The molecule has 0 aliphatic carbocycles. The van der Waals surface area contributed by atoms with E-state index in [0.29, 0.717) is 37.0 Å². The average Bonchev–Trinajstić information content (AvgIpc) is 3.06. The van der Waals surface area contributed by atoms with E-state index < -0.39 is 5.97 Å². The number of esters is 1. The van der Waals surface area contributed by atoms with Crippen LogP contribution in [0.25, 0.3) is 0 Å². The first-order chi connectivity index (χ1) is 12.2. The van der Waals surface area contributed by atoms with E-state index in [9.17, 15) is 9.59 Å². The molecule has 0 bridgehead atoms. The first-order valence-electron chi connectivity index (χ1n) is 8.43. The number of amides is 1. The van der Waals surface area contributed by atoms with Crippen LogP contribution in [-0.2, 0) is 11.3 Å². The predicted molar refractivity (Wildman–Crippen MR) is 92.1 cm³/mol. The van der Waals surface area contributed by atoms with Crippen LogP contribution in [-0.4, -0.2) is 41.2 Å². The van der Waals surface area contributed by atoms with Gasteiger partial charge in [0.05, 0.1) is 18.8 Å². The van der Waals surface area contributed by atoms with Crippen molar-refractivity contribution < 1.29 is 19.1 Å². The maximum atomic E-state index is 13.0. The van der Waals surface area contributed by atoms with Crippen molar-refractivity contribution >= 4 is 17.8 Å². The smallest absolute Gasteiger partial charge is 0.358 e. The molecule has 2 heterocycles. The molecule has 1 aliphatic heterocycles. The predicted octanol–water partition coefficient (Wildman–Crippen LogP) is 2.51. The van der Waals surface area contributed by atoms with Gasteiger partial charge in [0.15, 0.2) is 5.69 Å². The molecule has 1 aromatic carbocycles. The molecule has 7 heteroatoms. The third-order valence-electron chi connectivity index (χ3n) is 3.92. The minimum absolute atomic E-state index is 0.189. The normalized spacial score (nSPS) is 13.3. The standard InChI is InChI=1S/C18H21N3O4/c1-3-24-15-9-6-5-8-13(15)16(22)21-11-7-10-20-12-14(19-18(20)21)17(23)25-4-2/h5-6,8-9,12H,3-4,7,10-11H2,1-2H3. The number of fused-ring (bicyclic) bond motifs is 1. The summed E-state index contributed by atoms with van der Waals surface area (Å²) in [5, 5.41) is 0. The Morgan fingerprint density at radius 2 is 1.96 bits per heavy atom. The van der Waals surface area contributed by atoms with Gasteiger partial charge in [-0.15, -0.1) is 0 Å². The quantitative estimate of drug-likeness (QED) is 0.780. The van der Waals surface area contributed by atoms with Crippen LogP contribution in [0.5, 0.6) is 5.75 Å². The van der Waals surface area contributed by atoms with Gasteiger partial charge in [0.25, 0.3) is 5.91 Å². The SMILES string of the molecule is CCOC(=O)c1cn2c(n1)N(C(=O)c1ccccc1OCC)CCC2. The molecule has 3 rings (SSSR count). The summed E-state index contributed by atoms with van der Waals surface area (Å²) in [7, 11) is 0. The number of ether oxygens (including phenoxy) is 2. The summed E-state index contributed by atoms with van der Waals surface area (Å²) in [6.07, 6.45) is 2.43. The van der Waals surface area contributed by atoms with Crippen LogP contribution in [0.3, 0.4) is 0 Å². The molecular weight excluding hydrogens is 322 g/mol. The van der Waals surface area contributed by atoms with Gasteiger partial charge in [0.1, 0.15) is 5.75 Å². The summed E-state index contributed by atoms with van der Waals surface area (Å²) < 4.78 is 12.4. The second-order valence-electron chi connectivity index (χ2n) is 5.58. The van der Waals surface area contributed by atoms with Gasteiger partial charge in [-0.3, -0.25) is 9.69 Å². The summed E-state index contributed by atoms with van der Waals surface area (Å²) in [6, 6.07) is 7.15. The Labute approximate surface area is 146 Å². The van der Waals surface area contributed by atoms with Crippen molar-refractivity contribution in [3.8, 4) is 5.75 Å². The summed E-state index contributed by atoms with van der Waals surface area (Å²) in [5.74, 6) is 0.340. The van der Waals surface area contributed by atoms with Gasteiger partial charge >= 0.3 is 5.97 Å². The van der Waals surface area contributed by atoms with Crippen molar-refractivity contribution in [3.63, 3.8) is 0 Å². The van der Waals surface area contributed by atoms with Gasteiger partial charge in [-0.25, -0.2) is 9.78 Å². The van der Waals surface area contributed by atoms with E-state index in [4.69, 9.17) is 9.47 Å². The number of rotatable bonds is 5. The molecule has 1 aromatic heterocycles. The summed E-state index contributed by atoms with van der Waals surface area (Å²) in [6.45, 7) is 5.63. The second-order valence-corrected chi connectivity index (χ2v) is 5.58. The number of carbonyl (C=O) groups excluding carboxylic acids is 2. The second kappa shape index (κ2) is 7.38. The van der Waals surface area contributed by atoms with Gasteiger partial charge in [-0.2, -0.15) is 0 Å². The van der Waals surface area contributed by atoms with Gasteiger partial charge < -0.3 is 14.0 Å². The van der Waals surface area contributed by atoms with Crippen LogP contribution in [0, 0.1) is 0 Å². The number of para-hydroxylation sites is 1. The average molecular weight is 343 g/mol. The van der Waals surface area contributed by atoms with Gasteiger partial charge in [-0.05, 0) is 32.4 Å². The Bertz CT molecular complexity index is 784. The lowest BCUT2D eigenvalue weighted by molar-refractivity contribution is 0.0519. The molecule has 1 aliphatic rings. The zero-order chi connectivity index (χ0) is 17.8. The molecule has 0 unspecified atom stereocenters. The summed E-state index contributed by atoms with van der Waals surface area (Å²) >= 11 is 0. The van der Waals surface area contributed by atoms with Gasteiger partial charge in [0.2, 0.25) is 5.95 Å². The topological polar surface area (TPSA) is 73.7 Å². The third kappa shape index (κ3) is 3.35. The molecule has 2 aromatic rings. The van der Waals surface area contributed by atoms with Crippen molar-refractivity contribution in [2.75, 3.05) is 24.7 Å². The van der Waals surface area contributed by atoms with Crippen LogP contribution >= 0.6 is 0 Å². The molecule has 0 N–H and O–H groups in total. The zero-order valence-corrected chi connectivity index (χ0v) is 14.4. The fourth-order valence-electron chi connectivity index (χ4n) is 2.85. The first-order valence-corrected chi connectivity index (χ1v) is 8.43. The van der Waals surface area contributed by atoms with Crippen molar-refractivity contribution in [2.24, 2.45) is 0 Å². The highest BCUT2D eigenvalue weighted by atomic mass is 16.5. The molecule has 0 radical (unpaired) electrons. The Morgan fingerprint density at radius 1 is 1.16 bits per heavy atom. The molecule has 7 nitrogen and oxygen atoms in total. The fraction of sp³-hybridized carbons (Fsp3) is 0.389. The minimum atomic E-state index is -0.480. The van der Waals surface area contributed by atoms with Gasteiger partial charge in [-0.1, -0.05) is 12.1 Å². The Hall–Kier alpha value is -2.83. The molecule has 132 valence electrons. The molecule has 0 saturated carbocycles. The molecular formula is C18H21N3O4. The number of hydrogen-bond acceptors (Lipinski definition) is 5. The molecule has 0 fully saturated rings. The largest absolute Gasteiger partial charge is 0.493 e. The number of carbonyl (C=O) groups is 2.